The number of allylic oxidation sites excluding steroid dienone is 1. The second-order valence-corrected chi connectivity index (χ2v) is 5.33. The fraction of sp³-hybridized carbons (Fsp3) is 0.176. The van der Waals surface area contributed by atoms with Crippen LogP contribution in [-0.2, 0) is 9.63 Å². The Morgan fingerprint density at radius 3 is 2.11 bits per heavy atom. The smallest absolute Gasteiger partial charge is 0.369 e. The van der Waals surface area contributed by atoms with Crippen molar-refractivity contribution in [2.45, 2.75) is 12.8 Å². The number of halogens is 5. The molecule has 1 aromatic heterocycles. The molecule has 144 valence electrons. The Morgan fingerprint density at radius 1 is 1.04 bits per heavy atom. The van der Waals surface area contributed by atoms with Crippen molar-refractivity contribution in [1.29, 1.82) is 0 Å². The van der Waals surface area contributed by atoms with Crippen LogP contribution in [0.3, 0.4) is 0 Å². The second-order valence-electron chi connectivity index (χ2n) is 5.33. The highest BCUT2D eigenvalue weighted by atomic mass is 19.2. The third-order valence-corrected chi connectivity index (χ3v) is 3.56. The Labute approximate surface area is 149 Å². The van der Waals surface area contributed by atoms with Crippen LogP contribution in [0.4, 0.5) is 22.0 Å². The predicted octanol–water partition coefficient (Wildman–Crippen LogP) is 4.00. The van der Waals surface area contributed by atoms with Crippen LogP contribution in [0.2, 0.25) is 0 Å². The molecule has 27 heavy (non-hydrogen) atoms. The number of benzene rings is 1. The predicted molar refractivity (Wildman–Crippen MR) is 81.4 cm³/mol. The fourth-order valence-electron chi connectivity index (χ4n) is 2.03. The molecule has 1 heterocycles. The summed E-state index contributed by atoms with van der Waals surface area (Å²) in [5, 5.41) is 0.336. The third kappa shape index (κ3) is 4.15. The number of hydroxylamine groups is 2. The Hall–Kier alpha value is -3.17. The van der Waals surface area contributed by atoms with E-state index in [4.69, 9.17) is 4.42 Å². The van der Waals surface area contributed by atoms with E-state index in [9.17, 15) is 31.5 Å². The van der Waals surface area contributed by atoms with Crippen LogP contribution in [0.15, 0.2) is 29.6 Å². The van der Waals surface area contributed by atoms with Gasteiger partial charge >= 0.3 is 5.97 Å². The maximum absolute atomic E-state index is 13.6. The molecule has 1 aromatic carbocycles. The van der Waals surface area contributed by atoms with Crippen molar-refractivity contribution in [3.05, 3.63) is 65.4 Å². The van der Waals surface area contributed by atoms with Gasteiger partial charge in [0.1, 0.15) is 5.56 Å². The van der Waals surface area contributed by atoms with Crippen LogP contribution in [0.25, 0.3) is 5.57 Å². The monoisotopic (exact) mass is 389 g/mol. The van der Waals surface area contributed by atoms with E-state index in [0.717, 1.165) is 7.05 Å². The molecule has 2 aromatic rings. The van der Waals surface area contributed by atoms with Crippen LogP contribution in [0, 0.1) is 29.1 Å². The van der Waals surface area contributed by atoms with Crippen LogP contribution in [0.5, 0.6) is 0 Å². The molecule has 0 saturated carbocycles. The van der Waals surface area contributed by atoms with Gasteiger partial charge in [0, 0.05) is 19.0 Å². The van der Waals surface area contributed by atoms with Gasteiger partial charge in [-0.15, -0.1) is 0 Å². The minimum absolute atomic E-state index is 0.142. The molecule has 0 spiro atoms. The summed E-state index contributed by atoms with van der Waals surface area (Å²) < 4.78 is 71.3. The molecule has 0 radical (unpaired) electrons. The third-order valence-electron chi connectivity index (χ3n) is 3.56. The van der Waals surface area contributed by atoms with E-state index >= 15 is 0 Å². The topological polar surface area (TPSA) is 59.8 Å². The van der Waals surface area contributed by atoms with Gasteiger partial charge in [0.15, 0.2) is 23.3 Å². The van der Waals surface area contributed by atoms with E-state index in [1.165, 1.54) is 12.5 Å². The van der Waals surface area contributed by atoms with Crippen LogP contribution in [0.1, 0.15) is 28.8 Å². The lowest BCUT2D eigenvalue weighted by molar-refractivity contribution is -0.161. The lowest BCUT2D eigenvalue weighted by Crippen LogP contribution is -2.31. The molecule has 10 heteroatoms. The molecule has 0 bridgehead atoms. The summed E-state index contributed by atoms with van der Waals surface area (Å²) >= 11 is 0. The van der Waals surface area contributed by atoms with Gasteiger partial charge in [0.2, 0.25) is 5.82 Å². The summed E-state index contributed by atoms with van der Waals surface area (Å²) in [5.41, 5.74) is -0.616. The number of amides is 1. The van der Waals surface area contributed by atoms with Gasteiger partial charge in [0.05, 0.1) is 12.5 Å². The largest absolute Gasteiger partial charge is 0.472 e. The normalized spacial score (nSPS) is 10.6. The van der Waals surface area contributed by atoms with Crippen molar-refractivity contribution in [1.82, 2.24) is 5.06 Å². The summed E-state index contributed by atoms with van der Waals surface area (Å²) in [7, 11) is 0.951. The Balaban J connectivity index is 2.05. The number of nitrogens with zero attached hydrogens (tertiary/aromatic N) is 1. The van der Waals surface area contributed by atoms with Crippen molar-refractivity contribution >= 4 is 17.4 Å². The maximum atomic E-state index is 13.6. The van der Waals surface area contributed by atoms with Crippen molar-refractivity contribution in [2.24, 2.45) is 0 Å². The molecule has 0 aliphatic carbocycles. The fourth-order valence-corrected chi connectivity index (χ4v) is 2.03. The summed E-state index contributed by atoms with van der Waals surface area (Å²) in [6, 6.07) is 1.61. The Morgan fingerprint density at radius 2 is 1.59 bits per heavy atom. The lowest BCUT2D eigenvalue weighted by atomic mass is 10.1. The van der Waals surface area contributed by atoms with Crippen molar-refractivity contribution in [3.8, 4) is 0 Å². The molecule has 0 atom stereocenters. The summed E-state index contributed by atoms with van der Waals surface area (Å²) in [6.07, 6.45) is 2.74. The van der Waals surface area contributed by atoms with Crippen molar-refractivity contribution < 1.29 is 40.8 Å². The van der Waals surface area contributed by atoms with Gasteiger partial charge in [0.25, 0.3) is 5.91 Å². The average molecular weight is 389 g/mol. The summed E-state index contributed by atoms with van der Waals surface area (Å²) in [6.45, 7) is 3.73. The van der Waals surface area contributed by atoms with E-state index in [1.807, 2.05) is 0 Å². The molecule has 2 rings (SSSR count). The molecule has 0 saturated heterocycles. The first kappa shape index (κ1) is 20.1. The van der Waals surface area contributed by atoms with E-state index in [-0.39, 0.29) is 12.8 Å². The van der Waals surface area contributed by atoms with Crippen LogP contribution >= 0.6 is 0 Å². The van der Waals surface area contributed by atoms with Gasteiger partial charge in [-0.2, -0.15) is 5.06 Å². The highest BCUT2D eigenvalue weighted by molar-refractivity contribution is 5.91. The molecule has 0 N–H and O–H groups in total. The highest BCUT2D eigenvalue weighted by Crippen LogP contribution is 2.24. The number of hydrogen-bond donors (Lipinski definition) is 0. The summed E-state index contributed by atoms with van der Waals surface area (Å²) in [5.74, 6) is -14.4. The molecule has 0 aliphatic heterocycles. The zero-order chi connectivity index (χ0) is 20.3. The quantitative estimate of drug-likeness (QED) is 0.336. The highest BCUT2D eigenvalue weighted by Gasteiger charge is 2.32. The van der Waals surface area contributed by atoms with E-state index in [1.54, 1.807) is 6.07 Å². The first-order valence-electron chi connectivity index (χ1n) is 7.35. The number of furan rings is 1. The molecule has 1 amide bonds. The summed E-state index contributed by atoms with van der Waals surface area (Å²) in [4.78, 5) is 28.1. The zero-order valence-electron chi connectivity index (χ0n) is 13.8. The molecule has 0 aliphatic rings. The first-order chi connectivity index (χ1) is 12.6. The molecule has 5 nitrogen and oxygen atoms in total. The van der Waals surface area contributed by atoms with Gasteiger partial charge in [-0.3, -0.25) is 4.79 Å². The first-order valence-corrected chi connectivity index (χ1v) is 7.35. The van der Waals surface area contributed by atoms with E-state index in [0.29, 0.717) is 16.2 Å². The molecular formula is C17H12F5NO4. The van der Waals surface area contributed by atoms with Crippen molar-refractivity contribution in [2.75, 3.05) is 7.05 Å². The minimum Gasteiger partial charge on any atom is -0.472 e. The second kappa shape index (κ2) is 8.02. The van der Waals surface area contributed by atoms with Crippen LogP contribution < -0.4 is 0 Å². The van der Waals surface area contributed by atoms with Gasteiger partial charge in [-0.1, -0.05) is 6.58 Å². The lowest BCUT2D eigenvalue weighted by Gasteiger charge is -2.17. The zero-order valence-corrected chi connectivity index (χ0v) is 13.8. The molecule has 0 unspecified atom stereocenters. The van der Waals surface area contributed by atoms with E-state index in [2.05, 4.69) is 11.4 Å². The number of carbonyl (C=O) groups is 2. The Kier molecular flexibility index (Phi) is 5.98. The standard InChI is InChI=1S/C17H12F5NO4/c1-8(9-5-6-26-7-9)3-4-10(24)23(2)27-17(25)11-12(18)14(20)16(22)15(21)13(11)19/h5-7H,1,3-4H2,2H3. The van der Waals surface area contributed by atoms with Gasteiger partial charge in [-0.25, -0.2) is 26.7 Å². The molecule has 0 fully saturated rings. The number of carbonyl (C=O) groups excluding carboxylic acids is 2. The van der Waals surface area contributed by atoms with Gasteiger partial charge in [-0.05, 0) is 18.1 Å². The SMILES string of the molecule is C=C(CCC(=O)N(C)OC(=O)c1c(F)c(F)c(F)c(F)c1F)c1ccoc1. The number of hydrogen-bond acceptors (Lipinski definition) is 4. The minimum atomic E-state index is -2.41. The maximum Gasteiger partial charge on any atom is 0.369 e. The average Bonchev–Trinajstić information content (AvgIpc) is 3.17. The van der Waals surface area contributed by atoms with Gasteiger partial charge < -0.3 is 9.25 Å². The van der Waals surface area contributed by atoms with Crippen molar-refractivity contribution in [3.63, 3.8) is 0 Å². The number of rotatable bonds is 5. The van der Waals surface area contributed by atoms with E-state index < -0.39 is 46.5 Å². The Bertz CT molecular complexity index is 866. The van der Waals surface area contributed by atoms with Crippen LogP contribution in [-0.4, -0.2) is 24.0 Å². The molecular weight excluding hydrogens is 377 g/mol.